The Morgan fingerprint density at radius 2 is 2.05 bits per heavy atom. The zero-order valence-corrected chi connectivity index (χ0v) is 12.2. The van der Waals surface area contributed by atoms with E-state index in [2.05, 4.69) is 15.9 Å². The second-order valence-corrected chi connectivity index (χ2v) is 6.27. The van der Waals surface area contributed by atoms with Gasteiger partial charge in [0.25, 0.3) is 5.91 Å². The number of halogens is 1. The first-order valence-electron chi connectivity index (χ1n) is 6.53. The Bertz CT molecular complexity index is 589. The van der Waals surface area contributed by atoms with Crippen molar-refractivity contribution < 1.29 is 19.8 Å². The van der Waals surface area contributed by atoms with Gasteiger partial charge in [-0.25, -0.2) is 0 Å². The standard InChI is InChI=1S/C14H14BrNO4/c15-7-1-3-9(12(17)5-7)13(18)16-8-2-4-11(16)10(6-8)14(19)20/h1,3,5,8,10-11,17H,2,4,6H2,(H,19,20). The second-order valence-electron chi connectivity index (χ2n) is 5.35. The van der Waals surface area contributed by atoms with E-state index in [1.54, 1.807) is 17.0 Å². The predicted octanol–water partition coefficient (Wildman–Crippen LogP) is 2.23. The van der Waals surface area contributed by atoms with E-state index < -0.39 is 11.9 Å². The number of rotatable bonds is 2. The molecular formula is C14H14BrNO4. The first-order chi connectivity index (χ1) is 9.49. The van der Waals surface area contributed by atoms with Crippen LogP contribution in [0.4, 0.5) is 0 Å². The van der Waals surface area contributed by atoms with Gasteiger partial charge < -0.3 is 15.1 Å². The molecule has 20 heavy (non-hydrogen) atoms. The molecular weight excluding hydrogens is 326 g/mol. The molecule has 2 N–H and O–H groups in total. The number of aromatic hydroxyl groups is 1. The number of hydrogen-bond acceptors (Lipinski definition) is 3. The summed E-state index contributed by atoms with van der Waals surface area (Å²) in [5.41, 5.74) is 0.233. The highest BCUT2D eigenvalue weighted by molar-refractivity contribution is 9.10. The van der Waals surface area contributed by atoms with Crippen LogP contribution in [0.15, 0.2) is 22.7 Å². The molecule has 2 aliphatic heterocycles. The van der Waals surface area contributed by atoms with Gasteiger partial charge in [-0.1, -0.05) is 15.9 Å². The summed E-state index contributed by atoms with van der Waals surface area (Å²) in [5.74, 6) is -1.67. The molecule has 3 unspecified atom stereocenters. The van der Waals surface area contributed by atoms with Crippen LogP contribution in [0.1, 0.15) is 29.6 Å². The number of hydrogen-bond donors (Lipinski definition) is 2. The molecule has 0 saturated carbocycles. The predicted molar refractivity (Wildman–Crippen MR) is 74.5 cm³/mol. The summed E-state index contributed by atoms with van der Waals surface area (Å²) in [6, 6.07) is 4.47. The lowest BCUT2D eigenvalue weighted by molar-refractivity contribution is -0.142. The third-order valence-corrected chi connectivity index (χ3v) is 4.77. The number of nitrogens with zero attached hydrogens (tertiary/aromatic N) is 1. The molecule has 106 valence electrons. The molecule has 5 nitrogen and oxygen atoms in total. The van der Waals surface area contributed by atoms with Crippen molar-refractivity contribution in [1.29, 1.82) is 0 Å². The van der Waals surface area contributed by atoms with Gasteiger partial charge in [0.1, 0.15) is 5.75 Å². The highest BCUT2D eigenvalue weighted by Gasteiger charge is 2.51. The van der Waals surface area contributed by atoms with E-state index in [4.69, 9.17) is 0 Å². The molecule has 0 radical (unpaired) electrons. The Balaban J connectivity index is 1.90. The summed E-state index contributed by atoms with van der Waals surface area (Å²) in [5, 5.41) is 19.1. The van der Waals surface area contributed by atoms with Crippen LogP contribution >= 0.6 is 15.9 Å². The third kappa shape index (κ3) is 1.98. The Kier molecular flexibility index (Phi) is 3.20. The van der Waals surface area contributed by atoms with Crippen molar-refractivity contribution in [2.75, 3.05) is 0 Å². The summed E-state index contributed by atoms with van der Waals surface area (Å²) >= 11 is 3.23. The van der Waals surface area contributed by atoms with Crippen molar-refractivity contribution in [2.24, 2.45) is 5.92 Å². The van der Waals surface area contributed by atoms with Crippen molar-refractivity contribution in [3.8, 4) is 5.75 Å². The Hall–Kier alpha value is -1.56. The molecule has 0 spiro atoms. The van der Waals surface area contributed by atoms with E-state index in [0.717, 1.165) is 12.8 Å². The average molecular weight is 340 g/mol. The molecule has 2 bridgehead atoms. The number of amides is 1. The zero-order chi connectivity index (χ0) is 14.4. The normalized spacial score (nSPS) is 27.9. The van der Waals surface area contributed by atoms with Crippen LogP contribution in [0.2, 0.25) is 0 Å². The Morgan fingerprint density at radius 1 is 1.30 bits per heavy atom. The van der Waals surface area contributed by atoms with Gasteiger partial charge in [-0.2, -0.15) is 0 Å². The van der Waals surface area contributed by atoms with Crippen LogP contribution in [0, 0.1) is 5.92 Å². The minimum atomic E-state index is -0.838. The first-order valence-corrected chi connectivity index (χ1v) is 7.32. The van der Waals surface area contributed by atoms with E-state index in [9.17, 15) is 19.8 Å². The number of fused-ring (bicyclic) bond motifs is 2. The van der Waals surface area contributed by atoms with Crippen LogP contribution in [-0.4, -0.2) is 39.1 Å². The Labute approximate surface area is 124 Å². The fraction of sp³-hybridized carbons (Fsp3) is 0.429. The molecule has 2 heterocycles. The lowest BCUT2D eigenvalue weighted by Gasteiger charge is -2.23. The van der Waals surface area contributed by atoms with Crippen LogP contribution < -0.4 is 0 Å². The van der Waals surface area contributed by atoms with Gasteiger partial charge >= 0.3 is 5.97 Å². The van der Waals surface area contributed by atoms with E-state index in [0.29, 0.717) is 10.9 Å². The third-order valence-electron chi connectivity index (χ3n) is 4.28. The van der Waals surface area contributed by atoms with Crippen LogP contribution in [0.3, 0.4) is 0 Å². The summed E-state index contributed by atoms with van der Waals surface area (Å²) in [4.78, 5) is 25.4. The van der Waals surface area contributed by atoms with E-state index in [1.807, 2.05) is 0 Å². The molecule has 3 rings (SSSR count). The van der Waals surface area contributed by atoms with Gasteiger partial charge in [0.15, 0.2) is 0 Å². The smallest absolute Gasteiger partial charge is 0.308 e. The van der Waals surface area contributed by atoms with Crippen LogP contribution in [-0.2, 0) is 4.79 Å². The van der Waals surface area contributed by atoms with E-state index >= 15 is 0 Å². The minimum Gasteiger partial charge on any atom is -0.507 e. The molecule has 2 fully saturated rings. The first kappa shape index (κ1) is 13.4. The van der Waals surface area contributed by atoms with Crippen molar-refractivity contribution in [2.45, 2.75) is 31.3 Å². The molecule has 1 aromatic rings. The fourth-order valence-electron chi connectivity index (χ4n) is 3.40. The highest BCUT2D eigenvalue weighted by atomic mass is 79.9. The van der Waals surface area contributed by atoms with Gasteiger partial charge in [-0.15, -0.1) is 0 Å². The number of carboxylic acid groups (broad SMARTS) is 1. The second kappa shape index (κ2) is 4.77. The number of phenolic OH excluding ortho intramolecular Hbond substituents is 1. The molecule has 0 aromatic heterocycles. The number of carboxylic acids is 1. The van der Waals surface area contributed by atoms with Crippen molar-refractivity contribution in [3.05, 3.63) is 28.2 Å². The summed E-state index contributed by atoms with van der Waals surface area (Å²) in [6.07, 6.45) is 2.09. The minimum absolute atomic E-state index is 0.0170. The lowest BCUT2D eigenvalue weighted by atomic mass is 9.89. The van der Waals surface area contributed by atoms with Crippen molar-refractivity contribution >= 4 is 27.8 Å². The largest absolute Gasteiger partial charge is 0.507 e. The monoisotopic (exact) mass is 339 g/mol. The molecule has 0 aliphatic carbocycles. The molecule has 1 amide bonds. The SMILES string of the molecule is O=C(O)C1CC2CCC1N2C(=O)c1ccc(Br)cc1O. The highest BCUT2D eigenvalue weighted by Crippen LogP contribution is 2.43. The van der Waals surface area contributed by atoms with Crippen LogP contribution in [0.25, 0.3) is 0 Å². The molecule has 2 saturated heterocycles. The lowest BCUT2D eigenvalue weighted by Crippen LogP contribution is -2.37. The molecule has 1 aromatic carbocycles. The van der Waals surface area contributed by atoms with Crippen molar-refractivity contribution in [1.82, 2.24) is 4.90 Å². The fourth-order valence-corrected chi connectivity index (χ4v) is 3.74. The number of carbonyl (C=O) groups excluding carboxylic acids is 1. The summed E-state index contributed by atoms with van der Waals surface area (Å²) < 4.78 is 0.694. The number of aliphatic carboxylic acids is 1. The Morgan fingerprint density at radius 3 is 2.65 bits per heavy atom. The quantitative estimate of drug-likeness (QED) is 0.866. The van der Waals surface area contributed by atoms with E-state index in [-0.39, 0.29) is 29.3 Å². The summed E-state index contributed by atoms with van der Waals surface area (Å²) in [6.45, 7) is 0. The van der Waals surface area contributed by atoms with Gasteiger partial charge in [-0.3, -0.25) is 9.59 Å². The maximum Gasteiger partial charge on any atom is 0.308 e. The maximum atomic E-state index is 12.6. The molecule has 2 aliphatic rings. The summed E-state index contributed by atoms with van der Waals surface area (Å²) in [7, 11) is 0. The van der Waals surface area contributed by atoms with Gasteiger partial charge in [0.2, 0.25) is 0 Å². The van der Waals surface area contributed by atoms with Gasteiger partial charge in [0, 0.05) is 16.6 Å². The molecule has 3 atom stereocenters. The number of phenols is 1. The maximum absolute atomic E-state index is 12.6. The van der Waals surface area contributed by atoms with Gasteiger partial charge in [0.05, 0.1) is 11.5 Å². The molecule has 6 heteroatoms. The van der Waals surface area contributed by atoms with Crippen LogP contribution in [0.5, 0.6) is 5.75 Å². The van der Waals surface area contributed by atoms with Crippen molar-refractivity contribution in [3.63, 3.8) is 0 Å². The zero-order valence-electron chi connectivity index (χ0n) is 10.6. The number of carbonyl (C=O) groups is 2. The average Bonchev–Trinajstić information content (AvgIpc) is 2.95. The number of benzene rings is 1. The van der Waals surface area contributed by atoms with Gasteiger partial charge in [-0.05, 0) is 37.5 Å². The topological polar surface area (TPSA) is 77.8 Å². The van der Waals surface area contributed by atoms with E-state index in [1.165, 1.54) is 6.07 Å².